The fraction of sp³-hybridized carbons (Fsp3) is 0.462. The summed E-state index contributed by atoms with van der Waals surface area (Å²) in [6, 6.07) is 8.13. The molecule has 3 heteroatoms. The van der Waals surface area contributed by atoms with E-state index in [2.05, 4.69) is 28.9 Å². The molecule has 1 aliphatic heterocycles. The van der Waals surface area contributed by atoms with Gasteiger partial charge in [0.15, 0.2) is 0 Å². The van der Waals surface area contributed by atoms with E-state index in [4.69, 9.17) is 0 Å². The number of anilines is 1. The van der Waals surface area contributed by atoms with Gasteiger partial charge in [-0.05, 0) is 24.5 Å². The molecule has 16 heavy (non-hydrogen) atoms. The van der Waals surface area contributed by atoms with Crippen molar-refractivity contribution in [1.82, 2.24) is 0 Å². The van der Waals surface area contributed by atoms with Gasteiger partial charge in [-0.2, -0.15) is 0 Å². The highest BCUT2D eigenvalue weighted by Gasteiger charge is 2.25. The van der Waals surface area contributed by atoms with Crippen molar-refractivity contribution in [3.63, 3.8) is 0 Å². The number of benzene rings is 1. The Hall–Kier alpha value is -0.580. The van der Waals surface area contributed by atoms with Crippen LogP contribution in [0.3, 0.4) is 0 Å². The molecule has 0 spiro atoms. The molecule has 1 aliphatic rings. The molecule has 0 fully saturated rings. The van der Waals surface area contributed by atoms with Crippen LogP contribution in [0.2, 0.25) is 0 Å². The first kappa shape index (κ1) is 13.5. The van der Waals surface area contributed by atoms with E-state index in [1.807, 2.05) is 39.0 Å². The molecule has 0 aliphatic carbocycles. The Morgan fingerprint density at radius 1 is 1.31 bits per heavy atom. The number of carbonyl (C=O) groups is 1. The van der Waals surface area contributed by atoms with Gasteiger partial charge >= 0.3 is 0 Å². The molecule has 1 aromatic carbocycles. The summed E-state index contributed by atoms with van der Waals surface area (Å²) in [5.41, 5.74) is 2.34. The van der Waals surface area contributed by atoms with E-state index in [9.17, 15) is 4.79 Å². The number of hydrogen-bond donors (Lipinski definition) is 0. The first-order valence-corrected chi connectivity index (χ1v) is 6.74. The molecule has 1 amide bonds. The molecule has 1 atom stereocenters. The number of fused-ring (bicyclic) bond motifs is 1. The van der Waals surface area contributed by atoms with E-state index in [0.29, 0.717) is 0 Å². The molecule has 0 saturated carbocycles. The second-order valence-electron chi connectivity index (χ2n) is 3.69. The second kappa shape index (κ2) is 6.23. The quantitative estimate of drug-likeness (QED) is 0.520. The van der Waals surface area contributed by atoms with Crippen molar-refractivity contribution in [1.29, 1.82) is 0 Å². The van der Waals surface area contributed by atoms with Gasteiger partial charge in [0, 0.05) is 5.92 Å². The topological polar surface area (TPSA) is 20.3 Å². The van der Waals surface area contributed by atoms with E-state index in [1.165, 1.54) is 5.56 Å². The Morgan fingerprint density at radius 3 is 2.62 bits per heavy atom. The van der Waals surface area contributed by atoms with Gasteiger partial charge in [0.1, 0.15) is 0 Å². The maximum Gasteiger partial charge on any atom is 0.238 e. The van der Waals surface area contributed by atoms with Crippen LogP contribution in [0.15, 0.2) is 24.3 Å². The summed E-state index contributed by atoms with van der Waals surface area (Å²) < 4.78 is 1.75. The maximum absolute atomic E-state index is 11.8. The van der Waals surface area contributed by atoms with Gasteiger partial charge in [-0.1, -0.05) is 39.0 Å². The Morgan fingerprint density at radius 2 is 1.94 bits per heavy atom. The lowest BCUT2D eigenvalue weighted by molar-refractivity contribution is -0.120. The smallest absolute Gasteiger partial charge is 0.238 e. The third-order valence-electron chi connectivity index (χ3n) is 2.66. The summed E-state index contributed by atoms with van der Waals surface area (Å²) >= 11 is 2.10. The van der Waals surface area contributed by atoms with Crippen molar-refractivity contribution in [2.45, 2.75) is 33.6 Å². The van der Waals surface area contributed by atoms with E-state index in [1.54, 1.807) is 3.11 Å². The van der Waals surface area contributed by atoms with Crippen LogP contribution in [0.5, 0.6) is 0 Å². The van der Waals surface area contributed by atoms with Gasteiger partial charge in [-0.3, -0.25) is 7.91 Å². The first-order chi connectivity index (χ1) is 7.70. The van der Waals surface area contributed by atoms with Gasteiger partial charge in [0.05, 0.1) is 28.6 Å². The summed E-state index contributed by atoms with van der Waals surface area (Å²) in [6.45, 7) is 6.00. The minimum absolute atomic E-state index is 0.138. The molecule has 1 heterocycles. The zero-order chi connectivity index (χ0) is 12.1. The minimum Gasteiger partial charge on any atom is -0.273 e. The molecule has 0 saturated heterocycles. The summed E-state index contributed by atoms with van der Waals surface area (Å²) in [5.74, 6) is 0.356. The molecular weight excluding hydrogens is 313 g/mol. The lowest BCUT2D eigenvalue weighted by Gasteiger charge is -2.16. The van der Waals surface area contributed by atoms with Crippen LogP contribution in [-0.2, 0) is 11.2 Å². The third-order valence-corrected chi connectivity index (χ3v) is 3.66. The van der Waals surface area contributed by atoms with Gasteiger partial charge in [0.25, 0.3) is 0 Å². The van der Waals surface area contributed by atoms with Crippen LogP contribution in [-0.4, -0.2) is 5.91 Å². The SMILES string of the molecule is CC.CC1CCc2ccccc2N(I)C1=O. The third kappa shape index (κ3) is 2.75. The molecular formula is C13H18INO. The highest BCUT2D eigenvalue weighted by molar-refractivity contribution is 14.1. The van der Waals surface area contributed by atoms with Crippen molar-refractivity contribution < 1.29 is 4.79 Å². The van der Waals surface area contributed by atoms with Gasteiger partial charge in [-0.15, -0.1) is 0 Å². The standard InChI is InChI=1S/C11H12INO.C2H6/c1-8-6-7-9-4-2-3-5-10(9)13(12)11(8)14;1-2/h2-5,8H,6-7H2,1H3;1-2H3. The number of nitrogens with zero attached hydrogens (tertiary/aromatic N) is 1. The molecule has 0 radical (unpaired) electrons. The van der Waals surface area contributed by atoms with Crippen molar-refractivity contribution in [3.8, 4) is 0 Å². The summed E-state index contributed by atoms with van der Waals surface area (Å²) in [7, 11) is 0. The average molecular weight is 331 g/mol. The second-order valence-corrected chi connectivity index (χ2v) is 4.65. The van der Waals surface area contributed by atoms with E-state index in [-0.39, 0.29) is 11.8 Å². The van der Waals surface area contributed by atoms with Crippen LogP contribution in [0.1, 0.15) is 32.8 Å². The molecule has 0 aromatic heterocycles. The van der Waals surface area contributed by atoms with Crippen LogP contribution >= 0.6 is 22.9 Å². The molecule has 1 aromatic rings. The zero-order valence-corrected chi connectivity index (χ0v) is 12.2. The van der Waals surface area contributed by atoms with Gasteiger partial charge in [-0.25, -0.2) is 0 Å². The average Bonchev–Trinajstić information content (AvgIpc) is 2.46. The monoisotopic (exact) mass is 331 g/mol. The number of para-hydroxylation sites is 1. The fourth-order valence-corrected chi connectivity index (χ4v) is 2.67. The Bertz CT molecular complexity index is 365. The number of carbonyl (C=O) groups excluding carboxylic acids is 1. The van der Waals surface area contributed by atoms with Crippen molar-refractivity contribution in [2.24, 2.45) is 5.92 Å². The molecule has 1 unspecified atom stereocenters. The molecule has 88 valence electrons. The summed E-state index contributed by atoms with van der Waals surface area (Å²) in [5, 5.41) is 0. The normalized spacial score (nSPS) is 19.4. The largest absolute Gasteiger partial charge is 0.273 e. The lowest BCUT2D eigenvalue weighted by atomic mass is 10.0. The number of halogens is 1. The van der Waals surface area contributed by atoms with Gasteiger partial charge < -0.3 is 0 Å². The Labute approximate surface area is 112 Å². The minimum atomic E-state index is 0.138. The van der Waals surface area contributed by atoms with E-state index in [0.717, 1.165) is 18.5 Å². The van der Waals surface area contributed by atoms with Crippen molar-refractivity contribution in [3.05, 3.63) is 29.8 Å². The number of rotatable bonds is 0. The fourth-order valence-electron chi connectivity index (χ4n) is 1.72. The number of hydrogen-bond acceptors (Lipinski definition) is 1. The van der Waals surface area contributed by atoms with Crippen LogP contribution in [0.4, 0.5) is 5.69 Å². The van der Waals surface area contributed by atoms with Gasteiger partial charge in [0.2, 0.25) is 5.91 Å². The predicted octanol–water partition coefficient (Wildman–Crippen LogP) is 3.98. The maximum atomic E-state index is 11.8. The highest BCUT2D eigenvalue weighted by Crippen LogP contribution is 2.31. The Kier molecular flexibility index (Phi) is 5.25. The van der Waals surface area contributed by atoms with Crippen LogP contribution in [0, 0.1) is 5.92 Å². The molecule has 0 bridgehead atoms. The lowest BCUT2D eigenvalue weighted by Crippen LogP contribution is -2.24. The zero-order valence-electron chi connectivity index (χ0n) is 10.0. The summed E-state index contributed by atoms with van der Waals surface area (Å²) in [6.07, 6.45) is 1.96. The Balaban J connectivity index is 0.000000606. The molecule has 2 rings (SSSR count). The predicted molar refractivity (Wildman–Crippen MR) is 76.8 cm³/mol. The van der Waals surface area contributed by atoms with Crippen molar-refractivity contribution in [2.75, 3.05) is 3.11 Å². The van der Waals surface area contributed by atoms with Crippen molar-refractivity contribution >= 4 is 34.5 Å². The highest BCUT2D eigenvalue weighted by atomic mass is 127. The molecule has 2 nitrogen and oxygen atoms in total. The number of aryl methyl sites for hydroxylation is 1. The van der Waals surface area contributed by atoms with Crippen LogP contribution in [0.25, 0.3) is 0 Å². The summed E-state index contributed by atoms with van der Waals surface area (Å²) in [4.78, 5) is 11.8. The van der Waals surface area contributed by atoms with E-state index >= 15 is 0 Å². The molecule has 0 N–H and O–H groups in total. The van der Waals surface area contributed by atoms with E-state index < -0.39 is 0 Å². The first-order valence-electron chi connectivity index (χ1n) is 5.78. The number of amides is 1. The van der Waals surface area contributed by atoms with Crippen LogP contribution < -0.4 is 3.11 Å².